The van der Waals surface area contributed by atoms with Gasteiger partial charge in [-0.15, -0.1) is 0 Å². The zero-order valence-corrected chi connectivity index (χ0v) is 24.4. The van der Waals surface area contributed by atoms with Crippen LogP contribution in [-0.2, 0) is 10.8 Å². The minimum absolute atomic E-state index is 0.0736. The number of hydrogen-bond acceptors (Lipinski definition) is 2. The number of rotatable bonds is 1. The Hall–Kier alpha value is -4.56. The fourth-order valence-electron chi connectivity index (χ4n) is 6.93. The first-order chi connectivity index (χ1) is 19.8. The number of allylic oxidation sites excluding steroid dienone is 5. The second kappa shape index (κ2) is 9.24. The van der Waals surface area contributed by atoms with E-state index in [4.69, 9.17) is 0 Å². The van der Waals surface area contributed by atoms with Crippen LogP contribution in [0.4, 0.5) is 28.4 Å². The lowest BCUT2D eigenvalue weighted by molar-refractivity contribution is 0.597. The standard InChI is InChI=1S/C39H36N2/c1-27-14-7-6-12-25-40(34-19-10-8-15-28(34)22-21-27)29-23-24-36-33(26-29)39(4,5)32-18-13-17-31-37(32)41(36)35-20-11-9-16-30(35)38(31,2)3/h6-24,26H,1,25H2,2-5H3/b12-6-,14-7-,22-21-. The van der Waals surface area contributed by atoms with E-state index >= 15 is 0 Å². The van der Waals surface area contributed by atoms with Gasteiger partial charge in [-0.3, -0.25) is 0 Å². The molecule has 3 heterocycles. The topological polar surface area (TPSA) is 6.48 Å². The van der Waals surface area contributed by atoms with E-state index in [2.05, 4.69) is 165 Å². The number of fused-ring (bicyclic) bond motifs is 5. The van der Waals surface area contributed by atoms with Gasteiger partial charge >= 0.3 is 0 Å². The summed E-state index contributed by atoms with van der Waals surface area (Å²) in [4.78, 5) is 4.95. The van der Waals surface area contributed by atoms with Crippen LogP contribution in [-0.4, -0.2) is 6.54 Å². The molecule has 4 aromatic carbocycles. The van der Waals surface area contributed by atoms with Gasteiger partial charge < -0.3 is 9.80 Å². The van der Waals surface area contributed by atoms with E-state index in [0.29, 0.717) is 0 Å². The number of nitrogens with zero attached hydrogens (tertiary/aromatic N) is 2. The molecule has 0 aromatic heterocycles. The Labute approximate surface area is 244 Å². The third-order valence-electron chi connectivity index (χ3n) is 9.18. The molecule has 3 aliphatic rings. The lowest BCUT2D eigenvalue weighted by Crippen LogP contribution is -2.38. The van der Waals surface area contributed by atoms with E-state index in [-0.39, 0.29) is 10.8 Å². The summed E-state index contributed by atoms with van der Waals surface area (Å²) in [6, 6.07) is 31.5. The first-order valence-electron chi connectivity index (χ1n) is 14.5. The molecule has 0 unspecified atom stereocenters. The minimum atomic E-state index is -0.167. The Morgan fingerprint density at radius 1 is 0.610 bits per heavy atom. The first kappa shape index (κ1) is 25.4. The summed E-state index contributed by atoms with van der Waals surface area (Å²) in [6.45, 7) is 14.4. The largest absolute Gasteiger partial charge is 0.337 e. The molecule has 41 heavy (non-hydrogen) atoms. The maximum atomic E-state index is 4.18. The molecule has 0 amide bonds. The van der Waals surface area contributed by atoms with Gasteiger partial charge in [-0.2, -0.15) is 0 Å². The summed E-state index contributed by atoms with van der Waals surface area (Å²) in [6.07, 6.45) is 12.7. The van der Waals surface area contributed by atoms with Crippen LogP contribution in [0.15, 0.2) is 127 Å². The SMILES string of the molecule is C=C1/C=C\C=C/CN(c2ccc3c(c2)C(C)(C)c2cccc4c2N3c2ccccc2C4(C)C)c2ccccc2/C=C\1. The Morgan fingerprint density at radius 2 is 1.27 bits per heavy atom. The Bertz CT molecular complexity index is 1800. The van der Waals surface area contributed by atoms with Crippen molar-refractivity contribution in [2.45, 2.75) is 38.5 Å². The number of hydrogen-bond donors (Lipinski definition) is 0. The summed E-state index contributed by atoms with van der Waals surface area (Å²) in [5.74, 6) is 0. The van der Waals surface area contributed by atoms with Crippen molar-refractivity contribution >= 4 is 34.5 Å². The Balaban J connectivity index is 1.44. The number of anilines is 5. The lowest BCUT2D eigenvalue weighted by atomic mass is 9.66. The molecule has 202 valence electrons. The van der Waals surface area contributed by atoms with Gasteiger partial charge in [-0.25, -0.2) is 0 Å². The molecule has 0 atom stereocenters. The molecule has 3 aliphatic heterocycles. The molecule has 2 nitrogen and oxygen atoms in total. The van der Waals surface area contributed by atoms with Gasteiger partial charge in [0.1, 0.15) is 0 Å². The molecule has 0 radical (unpaired) electrons. The molecule has 0 spiro atoms. The smallest absolute Gasteiger partial charge is 0.0543 e. The summed E-state index contributed by atoms with van der Waals surface area (Å²) in [5, 5.41) is 0. The van der Waals surface area contributed by atoms with Gasteiger partial charge in [0.05, 0.1) is 17.1 Å². The highest BCUT2D eigenvalue weighted by Gasteiger charge is 2.45. The zero-order chi connectivity index (χ0) is 28.4. The van der Waals surface area contributed by atoms with Crippen LogP contribution in [0.1, 0.15) is 55.5 Å². The minimum Gasteiger partial charge on any atom is -0.337 e. The highest BCUT2D eigenvalue weighted by molar-refractivity contribution is 5.93. The molecule has 0 saturated carbocycles. The molecular formula is C39H36N2. The molecule has 4 aromatic rings. The average Bonchev–Trinajstić information content (AvgIpc) is 3.01. The van der Waals surface area contributed by atoms with E-state index in [9.17, 15) is 0 Å². The predicted molar refractivity (Wildman–Crippen MR) is 175 cm³/mol. The third kappa shape index (κ3) is 3.85. The third-order valence-corrected chi connectivity index (χ3v) is 9.18. The van der Waals surface area contributed by atoms with Crippen LogP contribution >= 0.6 is 0 Å². The predicted octanol–water partition coefficient (Wildman–Crippen LogP) is 10.3. The van der Waals surface area contributed by atoms with Crippen LogP contribution in [0.5, 0.6) is 0 Å². The first-order valence-corrected chi connectivity index (χ1v) is 14.5. The van der Waals surface area contributed by atoms with Crippen LogP contribution in [0.2, 0.25) is 0 Å². The van der Waals surface area contributed by atoms with Crippen LogP contribution in [0.25, 0.3) is 6.08 Å². The number of para-hydroxylation sites is 3. The number of benzene rings is 4. The molecular weight excluding hydrogens is 496 g/mol. The fourth-order valence-corrected chi connectivity index (χ4v) is 6.93. The molecule has 0 aliphatic carbocycles. The van der Waals surface area contributed by atoms with Gasteiger partial charge in [0.25, 0.3) is 0 Å². The quantitative estimate of drug-likeness (QED) is 0.241. The van der Waals surface area contributed by atoms with E-state index in [0.717, 1.165) is 12.1 Å². The van der Waals surface area contributed by atoms with Crippen LogP contribution in [0.3, 0.4) is 0 Å². The zero-order valence-electron chi connectivity index (χ0n) is 24.4. The summed E-state index contributed by atoms with van der Waals surface area (Å²) < 4.78 is 0. The second-order valence-corrected chi connectivity index (χ2v) is 12.4. The van der Waals surface area contributed by atoms with Gasteiger partial charge in [-0.05, 0) is 63.7 Å². The van der Waals surface area contributed by atoms with E-state index < -0.39 is 0 Å². The van der Waals surface area contributed by atoms with Gasteiger partial charge in [0.2, 0.25) is 0 Å². The normalized spacial score (nSPS) is 20.0. The van der Waals surface area contributed by atoms with Crippen molar-refractivity contribution in [2.75, 3.05) is 16.3 Å². The fraction of sp³-hybridized carbons (Fsp3) is 0.179. The maximum Gasteiger partial charge on any atom is 0.0543 e. The van der Waals surface area contributed by atoms with Crippen LogP contribution in [0, 0.1) is 0 Å². The molecule has 0 bridgehead atoms. The highest BCUT2D eigenvalue weighted by Crippen LogP contribution is 2.60. The second-order valence-electron chi connectivity index (χ2n) is 12.4. The van der Waals surface area contributed by atoms with Gasteiger partial charge in [-0.1, -0.05) is 125 Å². The van der Waals surface area contributed by atoms with Crippen molar-refractivity contribution < 1.29 is 0 Å². The lowest BCUT2D eigenvalue weighted by Gasteiger charge is -2.49. The summed E-state index contributed by atoms with van der Waals surface area (Å²) in [7, 11) is 0. The van der Waals surface area contributed by atoms with Crippen molar-refractivity contribution in [3.05, 3.63) is 155 Å². The van der Waals surface area contributed by atoms with Gasteiger partial charge in [0, 0.05) is 28.7 Å². The van der Waals surface area contributed by atoms with Crippen molar-refractivity contribution in [2.24, 2.45) is 0 Å². The monoisotopic (exact) mass is 532 g/mol. The molecule has 7 rings (SSSR count). The van der Waals surface area contributed by atoms with Gasteiger partial charge in [0.15, 0.2) is 0 Å². The van der Waals surface area contributed by atoms with E-state index in [1.54, 1.807) is 0 Å². The van der Waals surface area contributed by atoms with E-state index in [1.807, 2.05) is 0 Å². The highest BCUT2D eigenvalue weighted by atomic mass is 15.2. The van der Waals surface area contributed by atoms with E-state index in [1.165, 1.54) is 56.3 Å². The van der Waals surface area contributed by atoms with Crippen molar-refractivity contribution in [1.29, 1.82) is 0 Å². The average molecular weight is 533 g/mol. The maximum absolute atomic E-state index is 4.18. The van der Waals surface area contributed by atoms with Crippen LogP contribution < -0.4 is 9.80 Å². The summed E-state index contributed by atoms with van der Waals surface area (Å²) in [5.41, 5.74) is 13.7. The summed E-state index contributed by atoms with van der Waals surface area (Å²) >= 11 is 0. The molecule has 0 N–H and O–H groups in total. The van der Waals surface area contributed by atoms with Crippen molar-refractivity contribution in [3.8, 4) is 0 Å². The Morgan fingerprint density at radius 3 is 2.07 bits per heavy atom. The molecule has 0 saturated heterocycles. The van der Waals surface area contributed by atoms with Crippen molar-refractivity contribution in [1.82, 2.24) is 0 Å². The van der Waals surface area contributed by atoms with Crippen molar-refractivity contribution in [3.63, 3.8) is 0 Å². The Kier molecular flexibility index (Phi) is 5.73. The molecule has 0 fully saturated rings. The molecule has 2 heteroatoms.